The maximum atomic E-state index is 12.1. The summed E-state index contributed by atoms with van der Waals surface area (Å²) in [5.41, 5.74) is 1.35. The van der Waals surface area contributed by atoms with Gasteiger partial charge in [-0.15, -0.1) is 0 Å². The number of hydrogen-bond acceptors (Lipinski definition) is 3. The molecule has 3 rings (SSSR count). The summed E-state index contributed by atoms with van der Waals surface area (Å²) in [6.07, 6.45) is 2.40. The highest BCUT2D eigenvalue weighted by Gasteiger charge is 2.20. The van der Waals surface area contributed by atoms with Gasteiger partial charge in [-0.3, -0.25) is 9.69 Å². The first kappa shape index (κ1) is 18.9. The topological polar surface area (TPSA) is 41.6 Å². The van der Waals surface area contributed by atoms with Gasteiger partial charge in [0.25, 0.3) is 0 Å². The predicted molar refractivity (Wildman–Crippen MR) is 107 cm³/mol. The largest absolute Gasteiger partial charge is 0.493 e. The van der Waals surface area contributed by atoms with Gasteiger partial charge in [-0.2, -0.15) is 0 Å². The third-order valence-electron chi connectivity index (χ3n) is 4.61. The first-order valence-electron chi connectivity index (χ1n) is 9.13. The summed E-state index contributed by atoms with van der Waals surface area (Å²) in [5, 5.41) is 3.15. The van der Waals surface area contributed by atoms with Crippen LogP contribution in [0.25, 0.3) is 0 Å². The minimum Gasteiger partial charge on any atom is -0.493 e. The Labute approximate surface area is 163 Å². The van der Waals surface area contributed by atoms with Crippen LogP contribution in [-0.4, -0.2) is 36.5 Å². The van der Waals surface area contributed by atoms with Gasteiger partial charge in [-0.25, -0.2) is 0 Å². The number of piperidine rings is 1. The van der Waals surface area contributed by atoms with Crippen molar-refractivity contribution in [2.45, 2.75) is 31.8 Å². The van der Waals surface area contributed by atoms with Crippen LogP contribution in [0.2, 0.25) is 0 Å². The number of halogens is 1. The zero-order chi connectivity index (χ0) is 18.2. The molecule has 0 radical (unpaired) electrons. The molecule has 1 heterocycles. The van der Waals surface area contributed by atoms with Crippen LogP contribution in [0.1, 0.15) is 24.8 Å². The Morgan fingerprint density at radius 3 is 2.46 bits per heavy atom. The van der Waals surface area contributed by atoms with Gasteiger partial charge in [0.1, 0.15) is 5.75 Å². The fourth-order valence-corrected chi connectivity index (χ4v) is 3.43. The molecule has 2 aromatic carbocycles. The Hall–Kier alpha value is -1.85. The molecule has 1 fully saturated rings. The lowest BCUT2D eigenvalue weighted by atomic mass is 10.0. The Morgan fingerprint density at radius 2 is 1.77 bits per heavy atom. The molecule has 1 saturated heterocycles. The molecule has 0 unspecified atom stereocenters. The van der Waals surface area contributed by atoms with Gasteiger partial charge in [-0.1, -0.05) is 46.3 Å². The molecule has 1 N–H and O–H groups in total. The summed E-state index contributed by atoms with van der Waals surface area (Å²) in [7, 11) is 0. The van der Waals surface area contributed by atoms with Gasteiger partial charge < -0.3 is 10.1 Å². The van der Waals surface area contributed by atoms with E-state index in [2.05, 4.69) is 50.4 Å². The zero-order valence-electron chi connectivity index (χ0n) is 14.9. The quantitative estimate of drug-likeness (QED) is 0.741. The van der Waals surface area contributed by atoms with Crippen molar-refractivity contribution in [3.8, 4) is 5.75 Å². The molecule has 5 heteroatoms. The number of hydrogen-bond donors (Lipinski definition) is 1. The van der Waals surface area contributed by atoms with E-state index < -0.39 is 0 Å². The maximum absolute atomic E-state index is 12.1. The van der Waals surface area contributed by atoms with E-state index in [4.69, 9.17) is 4.74 Å². The second-order valence-corrected chi connectivity index (χ2v) is 7.57. The second-order valence-electron chi connectivity index (χ2n) is 6.66. The van der Waals surface area contributed by atoms with E-state index in [1.807, 2.05) is 30.3 Å². The minimum atomic E-state index is 0.0728. The third kappa shape index (κ3) is 6.15. The highest BCUT2D eigenvalue weighted by atomic mass is 79.9. The lowest BCUT2D eigenvalue weighted by molar-refractivity contribution is -0.122. The lowest BCUT2D eigenvalue weighted by Gasteiger charge is -2.32. The summed E-state index contributed by atoms with van der Waals surface area (Å²) in [6.45, 7) is 3.44. The molecule has 4 nitrogen and oxygen atoms in total. The average Bonchev–Trinajstić information content (AvgIpc) is 2.66. The molecule has 0 bridgehead atoms. The number of amides is 1. The number of nitrogens with zero attached hydrogens (tertiary/aromatic N) is 1. The normalized spacial score (nSPS) is 15.6. The predicted octanol–water partition coefficient (Wildman–Crippen LogP) is 4.00. The van der Waals surface area contributed by atoms with Crippen LogP contribution in [0.5, 0.6) is 5.75 Å². The highest BCUT2D eigenvalue weighted by Crippen LogP contribution is 2.16. The molecule has 1 amide bonds. The molecule has 0 aromatic heterocycles. The van der Waals surface area contributed by atoms with E-state index in [-0.39, 0.29) is 11.9 Å². The van der Waals surface area contributed by atoms with Crippen molar-refractivity contribution in [1.82, 2.24) is 10.2 Å². The van der Waals surface area contributed by atoms with E-state index in [9.17, 15) is 4.79 Å². The molecule has 26 heavy (non-hydrogen) atoms. The SMILES string of the molecule is O=C(CCOc1ccc(Br)cc1)NC1CCN(Cc2ccccc2)CC1. The number of carbonyl (C=O) groups is 1. The average molecular weight is 417 g/mol. The Balaban J connectivity index is 1.32. The number of benzene rings is 2. The molecule has 0 saturated carbocycles. The van der Waals surface area contributed by atoms with Crippen molar-refractivity contribution in [2.75, 3.05) is 19.7 Å². The van der Waals surface area contributed by atoms with E-state index in [0.29, 0.717) is 13.0 Å². The summed E-state index contributed by atoms with van der Waals surface area (Å²) >= 11 is 3.39. The van der Waals surface area contributed by atoms with E-state index in [1.54, 1.807) is 0 Å². The number of carbonyl (C=O) groups excluding carboxylic acids is 1. The number of ether oxygens (including phenoxy) is 1. The molecule has 0 atom stereocenters. The van der Waals surface area contributed by atoms with Crippen LogP contribution in [0.15, 0.2) is 59.1 Å². The molecular weight excluding hydrogens is 392 g/mol. The summed E-state index contributed by atoms with van der Waals surface area (Å²) < 4.78 is 6.63. The van der Waals surface area contributed by atoms with Gasteiger partial charge in [0.2, 0.25) is 5.91 Å². The Morgan fingerprint density at radius 1 is 1.08 bits per heavy atom. The summed E-state index contributed by atoms with van der Waals surface area (Å²) in [4.78, 5) is 14.6. The van der Waals surface area contributed by atoms with Crippen molar-refractivity contribution >= 4 is 21.8 Å². The van der Waals surface area contributed by atoms with Crippen molar-refractivity contribution in [1.29, 1.82) is 0 Å². The molecule has 0 aliphatic carbocycles. The van der Waals surface area contributed by atoms with Crippen LogP contribution in [0.4, 0.5) is 0 Å². The molecule has 1 aliphatic heterocycles. The van der Waals surface area contributed by atoms with Crippen LogP contribution in [0, 0.1) is 0 Å². The number of likely N-dealkylation sites (tertiary alicyclic amines) is 1. The van der Waals surface area contributed by atoms with Crippen molar-refractivity contribution in [3.63, 3.8) is 0 Å². The van der Waals surface area contributed by atoms with Gasteiger partial charge >= 0.3 is 0 Å². The van der Waals surface area contributed by atoms with Crippen LogP contribution in [0.3, 0.4) is 0 Å². The standard InChI is InChI=1S/C21H25BrN2O2/c22-18-6-8-20(9-7-18)26-15-12-21(25)23-19-10-13-24(14-11-19)16-17-4-2-1-3-5-17/h1-9,19H,10-16H2,(H,23,25). The third-order valence-corrected chi connectivity index (χ3v) is 5.14. The van der Waals surface area contributed by atoms with Crippen LogP contribution < -0.4 is 10.1 Å². The first-order chi connectivity index (χ1) is 12.7. The Kier molecular flexibility index (Phi) is 7.09. The lowest BCUT2D eigenvalue weighted by Crippen LogP contribution is -2.44. The van der Waals surface area contributed by atoms with Crippen molar-refractivity contribution in [2.24, 2.45) is 0 Å². The van der Waals surface area contributed by atoms with Crippen molar-refractivity contribution < 1.29 is 9.53 Å². The van der Waals surface area contributed by atoms with Gasteiger partial charge in [-0.05, 0) is 42.7 Å². The fourth-order valence-electron chi connectivity index (χ4n) is 3.17. The first-order valence-corrected chi connectivity index (χ1v) is 9.92. The molecule has 1 aliphatic rings. The van der Waals surface area contributed by atoms with Gasteiger partial charge in [0.15, 0.2) is 0 Å². The smallest absolute Gasteiger partial charge is 0.223 e. The van der Waals surface area contributed by atoms with E-state index >= 15 is 0 Å². The molecular formula is C21H25BrN2O2. The van der Waals surface area contributed by atoms with Gasteiger partial charge in [0.05, 0.1) is 13.0 Å². The van der Waals surface area contributed by atoms with Crippen LogP contribution >= 0.6 is 15.9 Å². The maximum Gasteiger partial charge on any atom is 0.223 e. The number of nitrogens with one attached hydrogen (secondary N) is 1. The second kappa shape index (κ2) is 9.74. The van der Waals surface area contributed by atoms with Crippen LogP contribution in [-0.2, 0) is 11.3 Å². The zero-order valence-corrected chi connectivity index (χ0v) is 16.5. The van der Waals surface area contributed by atoms with E-state index in [0.717, 1.165) is 42.7 Å². The summed E-state index contributed by atoms with van der Waals surface area (Å²) in [6, 6.07) is 18.5. The van der Waals surface area contributed by atoms with Crippen molar-refractivity contribution in [3.05, 3.63) is 64.6 Å². The highest BCUT2D eigenvalue weighted by molar-refractivity contribution is 9.10. The fraction of sp³-hybridized carbons (Fsp3) is 0.381. The number of rotatable bonds is 7. The molecule has 2 aromatic rings. The van der Waals surface area contributed by atoms with Gasteiger partial charge in [0, 0.05) is 30.1 Å². The molecule has 0 spiro atoms. The molecule has 138 valence electrons. The van der Waals surface area contributed by atoms with E-state index in [1.165, 1.54) is 5.56 Å². The minimum absolute atomic E-state index is 0.0728. The summed E-state index contributed by atoms with van der Waals surface area (Å²) in [5.74, 6) is 0.860. The monoisotopic (exact) mass is 416 g/mol. The Bertz CT molecular complexity index is 683.